The van der Waals surface area contributed by atoms with Crippen molar-refractivity contribution in [1.82, 2.24) is 9.88 Å². The van der Waals surface area contributed by atoms with Crippen LogP contribution in [0.2, 0.25) is 0 Å². The predicted molar refractivity (Wildman–Crippen MR) is 69.6 cm³/mol. The van der Waals surface area contributed by atoms with Crippen LogP contribution in [0, 0.1) is 10.1 Å². The lowest BCUT2D eigenvalue weighted by Crippen LogP contribution is -2.70. The molecule has 0 aliphatic carbocycles. The zero-order chi connectivity index (χ0) is 14.4. The van der Waals surface area contributed by atoms with E-state index in [1.807, 2.05) is 4.90 Å². The Bertz CT molecular complexity index is 580. The normalized spacial score (nSPS) is 24.2. The van der Waals surface area contributed by atoms with Crippen LogP contribution >= 0.6 is 0 Å². The average Bonchev–Trinajstić information content (AvgIpc) is 2.37. The molecule has 1 aromatic rings. The molecule has 106 valence electrons. The fourth-order valence-electron chi connectivity index (χ4n) is 2.90. The van der Waals surface area contributed by atoms with Gasteiger partial charge in [0.2, 0.25) is 5.82 Å². The molecule has 1 amide bonds. The van der Waals surface area contributed by atoms with Crippen molar-refractivity contribution in [3.05, 3.63) is 22.2 Å². The molecular weight excluding hydrogens is 266 g/mol. The topological polar surface area (TPSA) is 126 Å². The van der Waals surface area contributed by atoms with Crippen LogP contribution in [0.4, 0.5) is 22.1 Å². The Morgan fingerprint density at radius 3 is 2.60 bits per heavy atom. The number of nitro groups is 1. The maximum absolute atomic E-state index is 11.0. The average molecular weight is 279 g/mol. The zero-order valence-electron chi connectivity index (χ0n) is 10.5. The maximum Gasteiger partial charge on any atom is 0.407 e. The van der Waals surface area contributed by atoms with Gasteiger partial charge in [0.05, 0.1) is 17.0 Å². The molecule has 0 aromatic carbocycles. The molecule has 0 radical (unpaired) electrons. The van der Waals surface area contributed by atoms with Crippen molar-refractivity contribution in [3.8, 4) is 0 Å². The van der Waals surface area contributed by atoms with Crippen LogP contribution in [-0.2, 0) is 0 Å². The molecule has 0 saturated carbocycles. The minimum atomic E-state index is -0.901. The number of nitrogen functional groups attached to an aromatic ring is 1. The third-order valence-corrected chi connectivity index (χ3v) is 3.82. The summed E-state index contributed by atoms with van der Waals surface area (Å²) in [6.07, 6.45) is -0.0484. The number of carboxylic acid groups (broad SMARTS) is 1. The van der Waals surface area contributed by atoms with Gasteiger partial charge in [0, 0.05) is 19.2 Å². The fraction of sp³-hybridized carbons (Fsp3) is 0.455. The third kappa shape index (κ3) is 1.78. The second-order valence-electron chi connectivity index (χ2n) is 4.97. The highest BCUT2D eigenvalue weighted by atomic mass is 16.6. The van der Waals surface area contributed by atoms with Crippen LogP contribution in [0.5, 0.6) is 0 Å². The maximum atomic E-state index is 11.0. The van der Waals surface area contributed by atoms with Crippen LogP contribution < -0.4 is 10.6 Å². The number of piperidine rings is 1. The number of pyridine rings is 1. The quantitative estimate of drug-likeness (QED) is 0.596. The highest BCUT2D eigenvalue weighted by molar-refractivity contribution is 5.68. The van der Waals surface area contributed by atoms with Crippen molar-refractivity contribution < 1.29 is 14.8 Å². The minimum absolute atomic E-state index is 0.0375. The Morgan fingerprint density at radius 2 is 2.10 bits per heavy atom. The Morgan fingerprint density at radius 1 is 1.45 bits per heavy atom. The van der Waals surface area contributed by atoms with Gasteiger partial charge in [0.25, 0.3) is 0 Å². The number of piperazine rings is 1. The van der Waals surface area contributed by atoms with E-state index in [1.165, 1.54) is 11.0 Å². The number of nitrogens with zero attached hydrogens (tertiary/aromatic N) is 4. The Kier molecular flexibility index (Phi) is 2.63. The summed E-state index contributed by atoms with van der Waals surface area (Å²) in [6, 6.07) is 2.80. The summed E-state index contributed by atoms with van der Waals surface area (Å²) >= 11 is 0. The highest BCUT2D eigenvalue weighted by Crippen LogP contribution is 2.34. The van der Waals surface area contributed by atoms with Gasteiger partial charge in [0.15, 0.2) is 0 Å². The molecule has 0 spiro atoms. The number of rotatable bonds is 2. The molecule has 1 aromatic heterocycles. The number of nitrogens with two attached hydrogens (primary N) is 1. The molecule has 3 aliphatic heterocycles. The molecule has 4 rings (SSSR count). The lowest BCUT2D eigenvalue weighted by Gasteiger charge is -2.55. The first-order valence-corrected chi connectivity index (χ1v) is 6.14. The van der Waals surface area contributed by atoms with Gasteiger partial charge in [0.1, 0.15) is 5.82 Å². The van der Waals surface area contributed by atoms with Gasteiger partial charge < -0.3 is 15.7 Å². The van der Waals surface area contributed by atoms with Gasteiger partial charge in [-0.25, -0.2) is 9.78 Å². The molecule has 20 heavy (non-hydrogen) atoms. The number of aromatic nitrogens is 1. The first-order chi connectivity index (χ1) is 9.47. The summed E-state index contributed by atoms with van der Waals surface area (Å²) in [6.45, 7) is 1.07. The third-order valence-electron chi connectivity index (χ3n) is 3.82. The lowest BCUT2D eigenvalue weighted by molar-refractivity contribution is -0.384. The molecule has 2 bridgehead atoms. The molecule has 3 N–H and O–H groups in total. The molecule has 3 saturated heterocycles. The van der Waals surface area contributed by atoms with Crippen LogP contribution in [0.15, 0.2) is 12.1 Å². The second kappa shape index (κ2) is 4.22. The van der Waals surface area contributed by atoms with Crippen molar-refractivity contribution in [1.29, 1.82) is 0 Å². The van der Waals surface area contributed by atoms with Gasteiger partial charge in [-0.05, 0) is 12.5 Å². The molecule has 2 unspecified atom stereocenters. The van der Waals surface area contributed by atoms with E-state index in [0.29, 0.717) is 18.9 Å². The summed E-state index contributed by atoms with van der Waals surface area (Å²) in [5.74, 6) is 0.426. The molecule has 9 nitrogen and oxygen atoms in total. The van der Waals surface area contributed by atoms with Crippen LogP contribution in [0.1, 0.15) is 6.42 Å². The van der Waals surface area contributed by atoms with Crippen LogP contribution in [0.3, 0.4) is 0 Å². The second-order valence-corrected chi connectivity index (χ2v) is 4.97. The van der Waals surface area contributed by atoms with Gasteiger partial charge in [-0.3, -0.25) is 15.0 Å². The molecule has 2 atom stereocenters. The van der Waals surface area contributed by atoms with Crippen molar-refractivity contribution in [2.24, 2.45) is 0 Å². The molecule has 3 fully saturated rings. The number of hydrogen-bond donors (Lipinski definition) is 2. The van der Waals surface area contributed by atoms with E-state index < -0.39 is 11.0 Å². The number of carbonyl (C=O) groups is 1. The monoisotopic (exact) mass is 279 g/mol. The largest absolute Gasteiger partial charge is 0.465 e. The molecule has 9 heteroatoms. The van der Waals surface area contributed by atoms with Crippen molar-refractivity contribution in [3.63, 3.8) is 0 Å². The first kappa shape index (κ1) is 12.5. The van der Waals surface area contributed by atoms with E-state index in [4.69, 9.17) is 10.8 Å². The molecule has 4 heterocycles. The van der Waals surface area contributed by atoms with E-state index in [-0.39, 0.29) is 23.6 Å². The summed E-state index contributed by atoms with van der Waals surface area (Å²) in [5, 5.41) is 19.7. The standard InChI is InChI=1S/C11H13N5O4/c12-10-8(16(19)20)1-2-9(13-10)14-4-6-3-7(5-14)15(6)11(17)18/h1-2,6-7H,3-5H2,(H2,12,13)(H,17,18). The zero-order valence-corrected chi connectivity index (χ0v) is 10.5. The van der Waals surface area contributed by atoms with Crippen molar-refractivity contribution in [2.75, 3.05) is 23.7 Å². The number of anilines is 2. The predicted octanol–water partition coefficient (Wildman–Crippen LogP) is 0.513. The Labute approximate surface area is 113 Å². The number of amides is 1. The lowest BCUT2D eigenvalue weighted by atomic mass is 9.88. The number of fused-ring (bicyclic) bond motifs is 2. The highest BCUT2D eigenvalue weighted by Gasteiger charge is 2.47. The number of hydrogen-bond acceptors (Lipinski definition) is 6. The summed E-state index contributed by atoms with van der Waals surface area (Å²) in [4.78, 5) is 28.5. The van der Waals surface area contributed by atoms with Crippen molar-refractivity contribution in [2.45, 2.75) is 18.5 Å². The fourth-order valence-corrected chi connectivity index (χ4v) is 2.90. The summed E-state index contributed by atoms with van der Waals surface area (Å²) in [7, 11) is 0. The first-order valence-electron chi connectivity index (χ1n) is 6.14. The smallest absolute Gasteiger partial charge is 0.407 e. The summed E-state index contributed by atoms with van der Waals surface area (Å²) < 4.78 is 0. The van der Waals surface area contributed by atoms with Crippen molar-refractivity contribution >= 4 is 23.4 Å². The Hall–Kier alpha value is -2.58. The van der Waals surface area contributed by atoms with E-state index in [1.54, 1.807) is 6.07 Å². The van der Waals surface area contributed by atoms with Gasteiger partial charge in [-0.15, -0.1) is 0 Å². The van der Waals surface area contributed by atoms with E-state index in [0.717, 1.165) is 6.42 Å². The SMILES string of the molecule is Nc1nc(N2CC3CC(C2)N3C(=O)O)ccc1[N+](=O)[O-]. The van der Waals surface area contributed by atoms with Crippen LogP contribution in [0.25, 0.3) is 0 Å². The van der Waals surface area contributed by atoms with Gasteiger partial charge in [-0.2, -0.15) is 0 Å². The van der Waals surface area contributed by atoms with Gasteiger partial charge >= 0.3 is 11.8 Å². The van der Waals surface area contributed by atoms with E-state index in [9.17, 15) is 14.9 Å². The summed E-state index contributed by atoms with van der Waals surface area (Å²) in [5.41, 5.74) is 5.35. The van der Waals surface area contributed by atoms with E-state index >= 15 is 0 Å². The minimum Gasteiger partial charge on any atom is -0.465 e. The van der Waals surface area contributed by atoms with Gasteiger partial charge in [-0.1, -0.05) is 0 Å². The molecular formula is C11H13N5O4. The van der Waals surface area contributed by atoms with Crippen LogP contribution in [-0.4, -0.2) is 51.2 Å². The molecule has 3 aliphatic rings. The van der Waals surface area contributed by atoms with E-state index in [2.05, 4.69) is 4.98 Å². The Balaban J connectivity index is 1.78.